The Morgan fingerprint density at radius 1 is 0.946 bits per heavy atom. The maximum Gasteiger partial charge on any atom is 0.414 e. The number of benzene rings is 2. The smallest absolute Gasteiger partial charge is 0.414 e. The summed E-state index contributed by atoms with van der Waals surface area (Å²) in [7, 11) is -2.52. The van der Waals surface area contributed by atoms with E-state index >= 15 is 0 Å². The summed E-state index contributed by atoms with van der Waals surface area (Å²) in [6.07, 6.45) is 12.2. The molecule has 1 amide bonds. The molecule has 5 rings (SSSR count). The number of carbonyl (C=O) groups is 1. The van der Waals surface area contributed by atoms with E-state index in [1.807, 2.05) is 32.9 Å². The van der Waals surface area contributed by atoms with Gasteiger partial charge in [-0.25, -0.2) is 13.2 Å². The molecule has 13 heteroatoms. The number of likely N-dealkylation sites (N-methyl/N-ethyl adjacent to an activating group) is 1. The quantitative estimate of drug-likeness (QED) is 0.0409. The minimum atomic E-state index is -4.29. The highest BCUT2D eigenvalue weighted by Crippen LogP contribution is 2.48. The standard InChI is InChI=1S/C43H57N3O8S2/c1-41(2,3)52-40(47)44(8)39-31(23-25-37-42(4,5)33-17-9-11-19-35(33)45(37)27-13-15-29-55-54-53-48)21-22-32(39)24-26-38-43(6,7)34-18-10-12-20-36(34)46(38)28-14-16-30-56(49,50)51/h9-12,17-20,23-26H,13-16,21-22,27-30H2,1-8H3,(H-,48,49,50,51)/p-1. The predicted octanol–water partition coefficient (Wildman–Crippen LogP) is 8.12. The van der Waals surface area contributed by atoms with Gasteiger partial charge in [0.2, 0.25) is 5.69 Å². The third-order valence-electron chi connectivity index (χ3n) is 10.7. The Hall–Kier alpha value is -3.72. The first-order chi connectivity index (χ1) is 26.4. The summed E-state index contributed by atoms with van der Waals surface area (Å²) >= 11 is 1.01. The van der Waals surface area contributed by atoms with Crippen LogP contribution < -0.4 is 10.2 Å². The molecule has 56 heavy (non-hydrogen) atoms. The number of hydrogen-bond donors (Lipinski definition) is 0. The molecule has 3 aliphatic rings. The Kier molecular flexibility index (Phi) is 13.8. The number of amides is 1. The normalized spacial score (nSPS) is 19.1. The molecule has 0 unspecified atom stereocenters. The molecule has 2 heterocycles. The van der Waals surface area contributed by atoms with Crippen molar-refractivity contribution in [3.05, 3.63) is 107 Å². The molecule has 0 spiro atoms. The zero-order valence-corrected chi connectivity index (χ0v) is 35.6. The van der Waals surface area contributed by atoms with Gasteiger partial charge in [0.25, 0.3) is 0 Å². The number of fused-ring (bicyclic) bond motifs is 2. The summed E-state index contributed by atoms with van der Waals surface area (Å²) in [5.74, 6) is 0.252. The van der Waals surface area contributed by atoms with E-state index in [1.54, 1.807) is 11.9 Å². The number of ether oxygens (including phenoxy) is 1. The summed E-state index contributed by atoms with van der Waals surface area (Å²) in [6.45, 7) is 15.8. The second kappa shape index (κ2) is 17.8. The molecule has 11 nitrogen and oxygen atoms in total. The molecule has 0 saturated heterocycles. The second-order valence-corrected chi connectivity index (χ2v) is 18.9. The Morgan fingerprint density at radius 3 is 2.34 bits per heavy atom. The summed E-state index contributed by atoms with van der Waals surface area (Å²) < 4.78 is 46.5. The Labute approximate surface area is 337 Å². The van der Waals surface area contributed by atoms with E-state index in [1.165, 1.54) is 16.8 Å². The van der Waals surface area contributed by atoms with Crippen LogP contribution >= 0.6 is 12.0 Å². The van der Waals surface area contributed by atoms with Crippen molar-refractivity contribution in [2.45, 2.75) is 103 Å². The summed E-state index contributed by atoms with van der Waals surface area (Å²) in [5, 5.41) is 13.7. The molecule has 2 aromatic rings. The van der Waals surface area contributed by atoms with Gasteiger partial charge in [-0.05, 0) is 95.6 Å². The topological polar surface area (TPSA) is 135 Å². The van der Waals surface area contributed by atoms with Crippen LogP contribution in [0.3, 0.4) is 0 Å². The summed E-state index contributed by atoms with van der Waals surface area (Å²) in [6, 6.07) is 16.7. The van der Waals surface area contributed by atoms with E-state index in [9.17, 15) is 23.0 Å². The SMILES string of the molecule is CN(C(=O)OC(C)(C)C)C1=C(/C=C/C2=[N+](CCCCS(=O)(=O)[O-])c3ccccc3C2(C)C)CC/C1=C\C=C1\N(CCCCSOO[O-])c2ccccc2C1(C)C. The first-order valence-corrected chi connectivity index (χ1v) is 21.8. The lowest BCUT2D eigenvalue weighted by Crippen LogP contribution is -2.34. The van der Waals surface area contributed by atoms with Crippen molar-refractivity contribution in [3.8, 4) is 0 Å². The van der Waals surface area contributed by atoms with Crippen LogP contribution in [0.2, 0.25) is 0 Å². The van der Waals surface area contributed by atoms with Crippen LogP contribution in [0.4, 0.5) is 16.2 Å². The lowest BCUT2D eigenvalue weighted by atomic mass is 9.81. The number of unbranched alkanes of at least 4 members (excludes halogenated alkanes) is 2. The lowest BCUT2D eigenvalue weighted by Gasteiger charge is -2.28. The summed E-state index contributed by atoms with van der Waals surface area (Å²) in [4.78, 5) is 17.7. The third-order valence-corrected chi connectivity index (χ3v) is 12.1. The zero-order chi connectivity index (χ0) is 40.9. The molecule has 1 aliphatic carbocycles. The van der Waals surface area contributed by atoms with E-state index in [-0.39, 0.29) is 23.0 Å². The molecule has 0 bridgehead atoms. The minimum absolute atomic E-state index is 0.273. The van der Waals surface area contributed by atoms with Gasteiger partial charge in [0.05, 0.1) is 21.2 Å². The molecule has 2 aliphatic heterocycles. The third kappa shape index (κ3) is 10.0. The number of hydrogen-bond acceptors (Lipinski definition) is 10. The highest BCUT2D eigenvalue weighted by Gasteiger charge is 2.44. The number of nitrogens with zero attached hydrogens (tertiary/aromatic N) is 3. The molecule has 304 valence electrons. The van der Waals surface area contributed by atoms with E-state index in [0.717, 1.165) is 78.2 Å². The van der Waals surface area contributed by atoms with Crippen LogP contribution in [-0.4, -0.2) is 71.5 Å². The average molecular weight is 807 g/mol. The molecule has 0 atom stereocenters. The van der Waals surface area contributed by atoms with Gasteiger partial charge in [-0.3, -0.25) is 9.94 Å². The van der Waals surface area contributed by atoms with E-state index < -0.39 is 21.8 Å². The fourth-order valence-corrected chi connectivity index (χ4v) is 9.03. The number of allylic oxidation sites excluding steroid dienone is 7. The molecule has 0 aromatic heterocycles. The maximum absolute atomic E-state index is 13.7. The van der Waals surface area contributed by atoms with Gasteiger partial charge >= 0.3 is 6.09 Å². The second-order valence-electron chi connectivity index (χ2n) is 16.6. The Morgan fingerprint density at radius 2 is 1.64 bits per heavy atom. The van der Waals surface area contributed by atoms with Gasteiger partial charge in [0.1, 0.15) is 12.1 Å². The van der Waals surface area contributed by atoms with Crippen molar-refractivity contribution in [2.24, 2.45) is 0 Å². The zero-order valence-electron chi connectivity index (χ0n) is 33.9. The van der Waals surface area contributed by atoms with Crippen LogP contribution in [0, 0.1) is 0 Å². The van der Waals surface area contributed by atoms with Crippen molar-refractivity contribution in [2.75, 3.05) is 36.5 Å². The van der Waals surface area contributed by atoms with Gasteiger partial charge in [-0.1, -0.05) is 62.4 Å². The molecular formula is C43H56N3O8S2-. The van der Waals surface area contributed by atoms with Crippen LogP contribution in [0.1, 0.15) is 98.1 Å². The lowest BCUT2D eigenvalue weighted by molar-refractivity contribution is -0.777. The molecule has 2 aromatic carbocycles. The molecule has 0 saturated carbocycles. The average Bonchev–Trinajstić information content (AvgIpc) is 3.70. The molecule has 0 N–H and O–H groups in total. The van der Waals surface area contributed by atoms with Crippen molar-refractivity contribution in [1.29, 1.82) is 0 Å². The van der Waals surface area contributed by atoms with Crippen LogP contribution in [0.5, 0.6) is 0 Å². The molecule has 0 fully saturated rings. The van der Waals surface area contributed by atoms with Gasteiger partial charge in [0.15, 0.2) is 5.71 Å². The van der Waals surface area contributed by atoms with Gasteiger partial charge in [-0.2, -0.15) is 8.91 Å². The first-order valence-electron chi connectivity index (χ1n) is 19.3. The van der Waals surface area contributed by atoms with Crippen molar-refractivity contribution < 1.29 is 41.7 Å². The van der Waals surface area contributed by atoms with E-state index in [2.05, 4.69) is 107 Å². The Bertz CT molecular complexity index is 2040. The fraction of sp³-hybridized carbons (Fsp3) is 0.488. The summed E-state index contributed by atoms with van der Waals surface area (Å²) in [5.41, 5.74) is 8.40. The highest BCUT2D eigenvalue weighted by atomic mass is 32.2. The van der Waals surface area contributed by atoms with Crippen molar-refractivity contribution in [1.82, 2.24) is 4.90 Å². The van der Waals surface area contributed by atoms with Crippen molar-refractivity contribution >= 4 is 45.3 Å². The monoisotopic (exact) mass is 806 g/mol. The molecular weight excluding hydrogens is 751 g/mol. The predicted molar refractivity (Wildman–Crippen MR) is 219 cm³/mol. The first kappa shape index (κ1) is 43.4. The fourth-order valence-electron chi connectivity index (χ4n) is 8.05. The number of para-hydroxylation sites is 2. The number of anilines is 1. The largest absolute Gasteiger partial charge is 0.748 e. The van der Waals surface area contributed by atoms with Crippen molar-refractivity contribution in [3.63, 3.8) is 0 Å². The minimum Gasteiger partial charge on any atom is -0.748 e. The van der Waals surface area contributed by atoms with E-state index in [0.29, 0.717) is 18.7 Å². The van der Waals surface area contributed by atoms with Crippen LogP contribution in [0.15, 0.2) is 95.4 Å². The van der Waals surface area contributed by atoms with Gasteiger partial charge in [-0.15, -0.1) is 0 Å². The Balaban J connectivity index is 1.54. The van der Waals surface area contributed by atoms with E-state index in [4.69, 9.17) is 4.74 Å². The van der Waals surface area contributed by atoms with Crippen LogP contribution in [-0.2, 0) is 35.1 Å². The number of rotatable bonds is 16. The van der Waals surface area contributed by atoms with Gasteiger partial charge < -0.3 is 19.4 Å². The number of carbonyl (C=O) groups excluding carboxylic acids is 1. The maximum atomic E-state index is 13.7. The van der Waals surface area contributed by atoms with Crippen LogP contribution in [0.25, 0.3) is 0 Å². The highest BCUT2D eigenvalue weighted by molar-refractivity contribution is 7.94. The van der Waals surface area contributed by atoms with Gasteiger partial charge in [0, 0.05) is 78.1 Å². The molecule has 0 radical (unpaired) electrons.